The summed E-state index contributed by atoms with van der Waals surface area (Å²) < 4.78 is 28.8. The second-order valence-electron chi connectivity index (χ2n) is 7.95. The van der Waals surface area contributed by atoms with Gasteiger partial charge in [-0.3, -0.25) is 4.79 Å². The molecule has 30 heavy (non-hydrogen) atoms. The van der Waals surface area contributed by atoms with Crippen LogP contribution in [0.25, 0.3) is 0 Å². The molecule has 1 heterocycles. The van der Waals surface area contributed by atoms with E-state index >= 15 is 0 Å². The zero-order valence-electron chi connectivity index (χ0n) is 17.8. The first-order valence-corrected chi connectivity index (χ1v) is 11.9. The highest BCUT2D eigenvalue weighted by atomic mass is 32.2. The molecule has 0 unspecified atom stereocenters. The van der Waals surface area contributed by atoms with Crippen molar-refractivity contribution < 1.29 is 13.2 Å². The molecular weight excluding hydrogens is 398 g/mol. The number of amides is 1. The van der Waals surface area contributed by atoms with E-state index in [-0.39, 0.29) is 18.5 Å². The first kappa shape index (κ1) is 22.5. The number of nitrogens with zero attached hydrogens (tertiary/aromatic N) is 2. The third-order valence-electron chi connectivity index (χ3n) is 5.51. The highest BCUT2D eigenvalue weighted by Crippen LogP contribution is 2.20. The molecule has 1 aliphatic rings. The lowest BCUT2D eigenvalue weighted by molar-refractivity contribution is -0.122. The molecule has 0 aromatic heterocycles. The fourth-order valence-corrected chi connectivity index (χ4v) is 5.33. The zero-order chi connectivity index (χ0) is 21.6. The number of hydrogen-bond donors (Lipinski definition) is 1. The number of aryl methyl sites for hydroxylation is 2. The topological polar surface area (TPSA) is 69.7 Å². The van der Waals surface area contributed by atoms with Gasteiger partial charge in [-0.25, -0.2) is 0 Å². The lowest BCUT2D eigenvalue weighted by Gasteiger charge is -2.34. The predicted molar refractivity (Wildman–Crippen MR) is 119 cm³/mol. The van der Waals surface area contributed by atoms with Crippen molar-refractivity contribution in [2.75, 3.05) is 19.6 Å². The van der Waals surface area contributed by atoms with Gasteiger partial charge in [0.25, 0.3) is 10.2 Å². The van der Waals surface area contributed by atoms with E-state index in [1.54, 1.807) is 0 Å². The summed E-state index contributed by atoms with van der Waals surface area (Å²) in [6.07, 6.45) is 2.39. The van der Waals surface area contributed by atoms with E-state index in [0.717, 1.165) is 24.0 Å². The molecule has 3 rings (SSSR count). The molecule has 1 fully saturated rings. The minimum absolute atomic E-state index is 0.0201. The van der Waals surface area contributed by atoms with Crippen LogP contribution < -0.4 is 5.32 Å². The van der Waals surface area contributed by atoms with E-state index in [0.29, 0.717) is 26.1 Å². The zero-order valence-corrected chi connectivity index (χ0v) is 18.6. The molecule has 7 heteroatoms. The summed E-state index contributed by atoms with van der Waals surface area (Å²) in [6, 6.07) is 17.9. The molecule has 1 amide bonds. The van der Waals surface area contributed by atoms with Crippen molar-refractivity contribution in [2.24, 2.45) is 0 Å². The van der Waals surface area contributed by atoms with Crippen molar-refractivity contribution in [1.82, 2.24) is 13.9 Å². The summed E-state index contributed by atoms with van der Waals surface area (Å²) in [5.41, 5.74) is 3.28. The van der Waals surface area contributed by atoms with Crippen LogP contribution in [0.2, 0.25) is 0 Å². The van der Waals surface area contributed by atoms with E-state index in [4.69, 9.17) is 0 Å². The Hall–Kier alpha value is -2.22. The van der Waals surface area contributed by atoms with Gasteiger partial charge in [-0.1, -0.05) is 54.6 Å². The van der Waals surface area contributed by atoms with Crippen LogP contribution >= 0.6 is 0 Å². The molecule has 162 valence electrons. The van der Waals surface area contributed by atoms with Crippen molar-refractivity contribution >= 4 is 16.1 Å². The van der Waals surface area contributed by atoms with Crippen LogP contribution in [0.3, 0.4) is 0 Å². The molecule has 1 aliphatic heterocycles. The molecule has 0 bridgehead atoms. The average molecular weight is 430 g/mol. The van der Waals surface area contributed by atoms with Gasteiger partial charge in [-0.15, -0.1) is 0 Å². The Morgan fingerprint density at radius 3 is 2.43 bits per heavy atom. The first-order valence-electron chi connectivity index (χ1n) is 10.5. The maximum atomic E-state index is 13.0. The minimum atomic E-state index is -3.66. The van der Waals surface area contributed by atoms with E-state index in [2.05, 4.69) is 17.4 Å². The van der Waals surface area contributed by atoms with Gasteiger partial charge >= 0.3 is 0 Å². The monoisotopic (exact) mass is 429 g/mol. The highest BCUT2D eigenvalue weighted by Gasteiger charge is 2.34. The summed E-state index contributed by atoms with van der Waals surface area (Å²) in [7, 11) is -3.66. The summed E-state index contributed by atoms with van der Waals surface area (Å²) >= 11 is 0. The molecule has 0 aliphatic carbocycles. The summed E-state index contributed by atoms with van der Waals surface area (Å²) in [4.78, 5) is 12.5. The summed E-state index contributed by atoms with van der Waals surface area (Å²) in [6.45, 7) is 4.98. The number of rotatable bonds is 8. The fourth-order valence-electron chi connectivity index (χ4n) is 3.70. The standard InChI is InChI=1S/C23H31N3O3S/c1-19-9-6-7-12-22(19)17-25-15-8-16-26(30(25,28)29)18-23(27)24-20(2)13-14-21-10-4-3-5-11-21/h3-7,9-12,20H,8,13-18H2,1-2H3,(H,24,27)/t20-/m1/s1. The maximum Gasteiger partial charge on any atom is 0.282 e. The van der Waals surface area contributed by atoms with Crippen LogP contribution in [0, 0.1) is 6.92 Å². The van der Waals surface area contributed by atoms with Crippen LogP contribution in [0.5, 0.6) is 0 Å². The molecule has 0 saturated carbocycles. The van der Waals surface area contributed by atoms with Crippen molar-refractivity contribution in [2.45, 2.75) is 45.7 Å². The Labute approximate surface area is 180 Å². The van der Waals surface area contributed by atoms with E-state index in [9.17, 15) is 13.2 Å². The van der Waals surface area contributed by atoms with Gasteiger partial charge in [0, 0.05) is 25.7 Å². The molecule has 1 saturated heterocycles. The Morgan fingerprint density at radius 2 is 1.70 bits per heavy atom. The molecule has 0 radical (unpaired) electrons. The number of carbonyl (C=O) groups is 1. The van der Waals surface area contributed by atoms with Gasteiger partial charge in [0.05, 0.1) is 6.54 Å². The number of benzene rings is 2. The maximum absolute atomic E-state index is 13.0. The van der Waals surface area contributed by atoms with Crippen LogP contribution in [0.1, 0.15) is 36.5 Å². The van der Waals surface area contributed by atoms with Crippen LogP contribution in [-0.2, 0) is 28.0 Å². The molecule has 1 N–H and O–H groups in total. The molecule has 0 spiro atoms. The largest absolute Gasteiger partial charge is 0.352 e. The normalized spacial score (nSPS) is 18.1. The summed E-state index contributed by atoms with van der Waals surface area (Å²) in [5.74, 6) is -0.253. The van der Waals surface area contributed by atoms with Gasteiger partial charge < -0.3 is 5.32 Å². The molecular formula is C23H31N3O3S. The number of hydrogen-bond acceptors (Lipinski definition) is 3. The lowest BCUT2D eigenvalue weighted by Crippen LogP contribution is -2.52. The lowest BCUT2D eigenvalue weighted by atomic mass is 10.1. The van der Waals surface area contributed by atoms with Crippen molar-refractivity contribution in [3.8, 4) is 0 Å². The third-order valence-corrected chi connectivity index (χ3v) is 7.44. The minimum Gasteiger partial charge on any atom is -0.352 e. The fraction of sp³-hybridized carbons (Fsp3) is 0.435. The van der Waals surface area contributed by atoms with Gasteiger partial charge in [0.1, 0.15) is 0 Å². The van der Waals surface area contributed by atoms with Crippen LogP contribution in [-0.4, -0.2) is 48.6 Å². The second-order valence-corrected chi connectivity index (χ2v) is 9.88. The van der Waals surface area contributed by atoms with E-state index in [1.807, 2.05) is 56.3 Å². The average Bonchev–Trinajstić information content (AvgIpc) is 2.72. The molecule has 6 nitrogen and oxygen atoms in total. The Morgan fingerprint density at radius 1 is 1.03 bits per heavy atom. The van der Waals surface area contributed by atoms with Gasteiger partial charge in [-0.05, 0) is 49.8 Å². The Bertz CT molecular complexity index is 947. The highest BCUT2D eigenvalue weighted by molar-refractivity contribution is 7.86. The molecule has 2 aromatic rings. The Balaban J connectivity index is 1.54. The third kappa shape index (κ3) is 5.90. The smallest absolute Gasteiger partial charge is 0.282 e. The number of carbonyl (C=O) groups excluding carboxylic acids is 1. The van der Waals surface area contributed by atoms with E-state index in [1.165, 1.54) is 14.2 Å². The van der Waals surface area contributed by atoms with Crippen molar-refractivity contribution in [1.29, 1.82) is 0 Å². The van der Waals surface area contributed by atoms with Gasteiger partial charge in [0.15, 0.2) is 0 Å². The van der Waals surface area contributed by atoms with Crippen molar-refractivity contribution in [3.05, 3.63) is 71.3 Å². The van der Waals surface area contributed by atoms with Crippen LogP contribution in [0.15, 0.2) is 54.6 Å². The number of nitrogens with one attached hydrogen (secondary N) is 1. The quantitative estimate of drug-likeness (QED) is 0.702. The molecule has 2 aromatic carbocycles. The van der Waals surface area contributed by atoms with Gasteiger partial charge in [0.2, 0.25) is 5.91 Å². The second kappa shape index (κ2) is 10.2. The molecule has 1 atom stereocenters. The van der Waals surface area contributed by atoms with Crippen LogP contribution in [0.4, 0.5) is 0 Å². The predicted octanol–water partition coefficient (Wildman–Crippen LogP) is 2.89. The van der Waals surface area contributed by atoms with Gasteiger partial charge in [-0.2, -0.15) is 17.0 Å². The van der Waals surface area contributed by atoms with E-state index < -0.39 is 10.2 Å². The summed E-state index contributed by atoms with van der Waals surface area (Å²) in [5, 5.41) is 2.95. The SMILES string of the molecule is Cc1ccccc1CN1CCCN(CC(=O)N[C@H](C)CCc2ccccc2)S1(=O)=O. The van der Waals surface area contributed by atoms with Crippen molar-refractivity contribution in [3.63, 3.8) is 0 Å². The first-order chi connectivity index (χ1) is 14.4. The Kier molecular flexibility index (Phi) is 7.64.